The number of fused-ring (bicyclic) bond motifs is 4. The molecule has 4 saturated heterocycles. The van der Waals surface area contributed by atoms with E-state index >= 15 is 0 Å². The highest BCUT2D eigenvalue weighted by atomic mass is 19.4. The van der Waals surface area contributed by atoms with Gasteiger partial charge < -0.3 is 19.8 Å². The molecule has 11 nitrogen and oxygen atoms in total. The molecule has 6 heterocycles. The third-order valence-corrected chi connectivity index (χ3v) is 8.24. The standard InChI is InChI=1S/C26H38N6O3.C2HF3O2/c1-17(33)29-12-10-18(11-13-29)24(34)31-15-19-6-7-20(31)14-30(19)22-9-8-21-23(27-22)28(5)25(35)32(21)16-26(2,3)4;3-2(4,5)1(6)7/h8-9,18-20H,6-7,10-16H2,1-5H3;(H,6,7). The summed E-state index contributed by atoms with van der Waals surface area (Å²) >= 11 is 0. The first-order valence-electron chi connectivity index (χ1n) is 14.2. The van der Waals surface area contributed by atoms with Crippen molar-refractivity contribution in [3.63, 3.8) is 0 Å². The van der Waals surface area contributed by atoms with Crippen molar-refractivity contribution in [2.75, 3.05) is 31.1 Å². The van der Waals surface area contributed by atoms with Crippen LogP contribution >= 0.6 is 0 Å². The Morgan fingerprint density at radius 1 is 1.00 bits per heavy atom. The zero-order chi connectivity index (χ0) is 31.1. The van der Waals surface area contributed by atoms with E-state index in [1.807, 2.05) is 21.6 Å². The summed E-state index contributed by atoms with van der Waals surface area (Å²) in [5, 5.41) is 7.12. The third-order valence-electron chi connectivity index (χ3n) is 8.24. The van der Waals surface area contributed by atoms with Crippen molar-refractivity contribution in [3.05, 3.63) is 22.6 Å². The molecule has 0 spiro atoms. The van der Waals surface area contributed by atoms with E-state index in [1.165, 1.54) is 0 Å². The topological polar surface area (TPSA) is 121 Å². The Balaban J connectivity index is 0.000000517. The average Bonchev–Trinajstić information content (AvgIpc) is 3.15. The fraction of sp³-hybridized carbons (Fsp3) is 0.679. The molecule has 0 aromatic carbocycles. The van der Waals surface area contributed by atoms with Gasteiger partial charge in [0, 0.05) is 64.7 Å². The van der Waals surface area contributed by atoms with Gasteiger partial charge in [-0.3, -0.25) is 18.7 Å². The number of imidazole rings is 1. The normalized spacial score (nSPS) is 21.4. The summed E-state index contributed by atoms with van der Waals surface area (Å²) in [4.78, 5) is 58.1. The van der Waals surface area contributed by atoms with Gasteiger partial charge in [-0.05, 0) is 43.2 Å². The van der Waals surface area contributed by atoms with Crippen molar-refractivity contribution >= 4 is 34.8 Å². The highest BCUT2D eigenvalue weighted by Gasteiger charge is 2.43. The van der Waals surface area contributed by atoms with Crippen molar-refractivity contribution in [1.29, 1.82) is 0 Å². The van der Waals surface area contributed by atoms with Crippen LogP contribution in [-0.4, -0.2) is 91.2 Å². The number of nitrogens with zero attached hydrogens (tertiary/aromatic N) is 6. The molecule has 0 saturated carbocycles. The Hall–Kier alpha value is -3.58. The highest BCUT2D eigenvalue weighted by molar-refractivity contribution is 5.81. The second-order valence-corrected chi connectivity index (χ2v) is 12.6. The number of aryl methyl sites for hydroxylation is 1. The summed E-state index contributed by atoms with van der Waals surface area (Å²) in [6.07, 6.45) is -1.51. The van der Waals surface area contributed by atoms with Crippen molar-refractivity contribution in [2.45, 2.75) is 78.2 Å². The zero-order valence-electron chi connectivity index (χ0n) is 24.6. The number of halogens is 3. The molecule has 0 aliphatic carbocycles. The minimum absolute atomic E-state index is 0.0124. The van der Waals surface area contributed by atoms with E-state index in [9.17, 15) is 27.6 Å². The van der Waals surface area contributed by atoms with Crippen molar-refractivity contribution in [1.82, 2.24) is 23.9 Å². The molecule has 2 unspecified atom stereocenters. The Bertz CT molecular complexity index is 1400. The molecule has 2 aromatic rings. The quantitative estimate of drug-likeness (QED) is 0.579. The molecule has 1 N–H and O–H groups in total. The second-order valence-electron chi connectivity index (χ2n) is 12.6. The van der Waals surface area contributed by atoms with Gasteiger partial charge in [0.1, 0.15) is 5.82 Å². The van der Waals surface area contributed by atoms with E-state index in [4.69, 9.17) is 14.9 Å². The molecule has 4 aliphatic heterocycles. The fourth-order valence-electron chi connectivity index (χ4n) is 6.11. The number of carboxylic acids is 1. The van der Waals surface area contributed by atoms with Crippen LogP contribution in [0.5, 0.6) is 0 Å². The van der Waals surface area contributed by atoms with E-state index in [0.717, 1.165) is 50.1 Å². The molecule has 2 amide bonds. The Morgan fingerprint density at radius 2 is 1.60 bits per heavy atom. The number of amides is 2. The van der Waals surface area contributed by atoms with E-state index in [-0.39, 0.29) is 40.9 Å². The summed E-state index contributed by atoms with van der Waals surface area (Å²) in [5.74, 6) is -1.50. The SMILES string of the molecule is CC(=O)N1CCC(C(=O)N2CC3CCC2CN3c2ccc3c(n2)n(C)c(=O)n3CC(C)(C)C)CC1.O=C(O)C(F)(F)F. The van der Waals surface area contributed by atoms with Gasteiger partial charge in [0.05, 0.1) is 5.52 Å². The minimum Gasteiger partial charge on any atom is -0.475 e. The molecule has 232 valence electrons. The number of aromatic nitrogens is 3. The molecule has 2 atom stereocenters. The molecule has 2 bridgehead atoms. The average molecular weight is 597 g/mol. The fourth-order valence-corrected chi connectivity index (χ4v) is 6.11. The molecule has 6 rings (SSSR count). The first-order valence-corrected chi connectivity index (χ1v) is 14.2. The molecule has 2 aromatic heterocycles. The number of rotatable bonds is 3. The summed E-state index contributed by atoms with van der Waals surface area (Å²) in [6.45, 7) is 11.5. The summed E-state index contributed by atoms with van der Waals surface area (Å²) < 4.78 is 35.2. The van der Waals surface area contributed by atoms with E-state index in [0.29, 0.717) is 25.3 Å². The number of hydrogen-bond acceptors (Lipinski definition) is 6. The number of alkyl halides is 3. The predicted molar refractivity (Wildman–Crippen MR) is 149 cm³/mol. The van der Waals surface area contributed by atoms with Gasteiger partial charge in [0.25, 0.3) is 0 Å². The van der Waals surface area contributed by atoms with Gasteiger partial charge in [-0.15, -0.1) is 0 Å². The number of pyridine rings is 1. The number of piperidine rings is 3. The van der Waals surface area contributed by atoms with Crippen LogP contribution in [0, 0.1) is 11.3 Å². The van der Waals surface area contributed by atoms with Crippen molar-refractivity contribution in [3.8, 4) is 0 Å². The first kappa shape index (κ1) is 31.4. The molecule has 4 aliphatic rings. The van der Waals surface area contributed by atoms with Crippen LogP contribution in [0.2, 0.25) is 0 Å². The number of anilines is 1. The van der Waals surface area contributed by atoms with E-state index in [1.54, 1.807) is 18.5 Å². The number of aliphatic carboxylic acids is 1. The van der Waals surface area contributed by atoms with Crippen LogP contribution in [0.25, 0.3) is 11.2 Å². The molecule has 0 radical (unpaired) electrons. The van der Waals surface area contributed by atoms with Crippen LogP contribution in [0.3, 0.4) is 0 Å². The molecule has 42 heavy (non-hydrogen) atoms. The van der Waals surface area contributed by atoms with Crippen LogP contribution in [-0.2, 0) is 28.0 Å². The lowest BCUT2D eigenvalue weighted by Crippen LogP contribution is -2.65. The summed E-state index contributed by atoms with van der Waals surface area (Å²) in [5.41, 5.74) is 1.53. The molecular weight excluding hydrogens is 557 g/mol. The maximum absolute atomic E-state index is 13.4. The number of piperazine rings is 1. The third kappa shape index (κ3) is 6.57. The maximum Gasteiger partial charge on any atom is 0.490 e. The van der Waals surface area contributed by atoms with Crippen LogP contribution in [0.15, 0.2) is 16.9 Å². The largest absolute Gasteiger partial charge is 0.490 e. The summed E-state index contributed by atoms with van der Waals surface area (Å²) in [7, 11) is 1.79. The van der Waals surface area contributed by atoms with Gasteiger partial charge in [-0.1, -0.05) is 20.8 Å². The van der Waals surface area contributed by atoms with Gasteiger partial charge in [-0.25, -0.2) is 14.6 Å². The Labute approximate surface area is 241 Å². The summed E-state index contributed by atoms with van der Waals surface area (Å²) in [6, 6.07) is 4.48. The number of carbonyl (C=O) groups is 3. The predicted octanol–water partition coefficient (Wildman–Crippen LogP) is 2.85. The van der Waals surface area contributed by atoms with Gasteiger partial charge in [0.15, 0.2) is 5.65 Å². The van der Waals surface area contributed by atoms with Crippen LogP contribution < -0.4 is 10.6 Å². The zero-order valence-corrected chi connectivity index (χ0v) is 24.6. The number of carboxylic acid groups (broad SMARTS) is 1. The lowest BCUT2D eigenvalue weighted by atomic mass is 9.87. The molecule has 4 fully saturated rings. The van der Waals surface area contributed by atoms with E-state index in [2.05, 4.69) is 30.6 Å². The van der Waals surface area contributed by atoms with Crippen molar-refractivity contribution in [2.24, 2.45) is 18.4 Å². The van der Waals surface area contributed by atoms with Gasteiger partial charge in [0.2, 0.25) is 11.8 Å². The monoisotopic (exact) mass is 596 g/mol. The Kier molecular flexibility index (Phi) is 8.66. The van der Waals surface area contributed by atoms with Gasteiger partial charge >= 0.3 is 17.8 Å². The first-order chi connectivity index (χ1) is 19.5. The van der Waals surface area contributed by atoms with Crippen LogP contribution in [0.4, 0.5) is 19.0 Å². The smallest absolute Gasteiger partial charge is 0.475 e. The van der Waals surface area contributed by atoms with E-state index < -0.39 is 12.1 Å². The van der Waals surface area contributed by atoms with Crippen LogP contribution in [0.1, 0.15) is 53.4 Å². The molecule has 14 heteroatoms. The lowest BCUT2D eigenvalue weighted by Gasteiger charge is -2.52. The number of hydrogen-bond donors (Lipinski definition) is 1. The number of carbonyl (C=O) groups excluding carboxylic acids is 2. The minimum atomic E-state index is -5.08. The molecular formula is C28H39F3N6O5. The highest BCUT2D eigenvalue weighted by Crippen LogP contribution is 2.35. The second kappa shape index (κ2) is 11.6. The lowest BCUT2D eigenvalue weighted by molar-refractivity contribution is -0.192. The van der Waals surface area contributed by atoms with Crippen molar-refractivity contribution < 1.29 is 32.7 Å². The number of likely N-dealkylation sites (tertiary alicyclic amines) is 1. The van der Waals surface area contributed by atoms with Gasteiger partial charge in [-0.2, -0.15) is 13.2 Å². The maximum atomic E-state index is 13.4. The Morgan fingerprint density at radius 3 is 2.10 bits per heavy atom.